The van der Waals surface area contributed by atoms with E-state index in [9.17, 15) is 14.7 Å². The molecule has 2 N–H and O–H groups in total. The van der Waals surface area contributed by atoms with Crippen LogP contribution in [0.1, 0.15) is 46.5 Å². The van der Waals surface area contributed by atoms with Crippen LogP contribution in [0.3, 0.4) is 0 Å². The predicted molar refractivity (Wildman–Crippen MR) is 121 cm³/mol. The van der Waals surface area contributed by atoms with Crippen molar-refractivity contribution in [2.24, 2.45) is 7.05 Å². The first-order chi connectivity index (χ1) is 15.8. The monoisotopic (exact) mass is 468 g/mol. The molecule has 0 bridgehead atoms. The van der Waals surface area contributed by atoms with E-state index >= 15 is 0 Å². The number of aryl methyl sites for hydroxylation is 1. The van der Waals surface area contributed by atoms with Crippen LogP contribution in [0.25, 0.3) is 0 Å². The van der Waals surface area contributed by atoms with E-state index in [-0.39, 0.29) is 11.5 Å². The summed E-state index contributed by atoms with van der Waals surface area (Å²) in [5.74, 6) is -1.69. The minimum absolute atomic E-state index is 0.263. The second kappa shape index (κ2) is 8.91. The van der Waals surface area contributed by atoms with Crippen molar-refractivity contribution in [1.82, 2.24) is 24.3 Å². The number of carbonyl (C=O) groups is 1. The molecule has 2 atom stereocenters. The molecule has 3 heterocycles. The number of rotatable bonds is 6. The zero-order valence-corrected chi connectivity index (χ0v) is 18.8. The number of aromatic nitrogens is 5. The van der Waals surface area contributed by atoms with Gasteiger partial charge in [-0.05, 0) is 18.6 Å². The van der Waals surface area contributed by atoms with Crippen LogP contribution in [0.4, 0.5) is 5.69 Å². The highest BCUT2D eigenvalue weighted by Gasteiger charge is 2.30. The Kier molecular flexibility index (Phi) is 6.01. The van der Waals surface area contributed by atoms with Gasteiger partial charge in [-0.1, -0.05) is 41.9 Å². The topological polar surface area (TPSA) is 128 Å². The first-order valence-corrected chi connectivity index (χ1v) is 10.4. The van der Waals surface area contributed by atoms with E-state index in [2.05, 4.69) is 20.4 Å². The van der Waals surface area contributed by atoms with E-state index in [1.54, 1.807) is 12.4 Å². The van der Waals surface area contributed by atoms with Gasteiger partial charge >= 0.3 is 0 Å². The van der Waals surface area contributed by atoms with Crippen LogP contribution in [0.15, 0.2) is 58.6 Å². The number of benzene rings is 1. The summed E-state index contributed by atoms with van der Waals surface area (Å²) in [6.45, 7) is 3.73. The molecule has 0 fully saturated rings. The highest BCUT2D eigenvalue weighted by Crippen LogP contribution is 2.37. The van der Waals surface area contributed by atoms with Crippen LogP contribution < -0.4 is 10.9 Å². The number of hydrogen-bond acceptors (Lipinski definition) is 7. The average molecular weight is 469 g/mol. The third-order valence-electron chi connectivity index (χ3n) is 5.36. The number of nitrogens with zero attached hydrogens (tertiary/aromatic N) is 5. The maximum absolute atomic E-state index is 12.8. The Balaban J connectivity index is 1.83. The van der Waals surface area contributed by atoms with Crippen molar-refractivity contribution in [2.75, 3.05) is 5.32 Å². The molecule has 10 nitrogen and oxygen atoms in total. The van der Waals surface area contributed by atoms with Gasteiger partial charge in [-0.15, -0.1) is 0 Å². The largest absolute Gasteiger partial charge is 0.501 e. The Labute approximate surface area is 193 Å². The number of imidazole rings is 1. The molecular formula is C22H21ClN6O4. The molecule has 0 unspecified atom stereocenters. The quantitative estimate of drug-likeness (QED) is 0.444. The van der Waals surface area contributed by atoms with Gasteiger partial charge in [0.15, 0.2) is 5.69 Å². The maximum Gasteiger partial charge on any atom is 0.296 e. The normalized spacial score (nSPS) is 13.0. The van der Waals surface area contributed by atoms with Crippen molar-refractivity contribution in [3.05, 3.63) is 87.4 Å². The molecule has 0 saturated carbocycles. The molecule has 0 aliphatic rings. The molecule has 0 aliphatic heterocycles. The number of hydrogen-bond donors (Lipinski definition) is 2. The average Bonchev–Trinajstić information content (AvgIpc) is 3.45. The minimum atomic E-state index is -0.769. The summed E-state index contributed by atoms with van der Waals surface area (Å²) >= 11 is 6.52. The van der Waals surface area contributed by atoms with E-state index in [0.29, 0.717) is 5.02 Å². The smallest absolute Gasteiger partial charge is 0.296 e. The molecule has 33 heavy (non-hydrogen) atoms. The van der Waals surface area contributed by atoms with Crippen LogP contribution in [-0.2, 0) is 7.05 Å². The Bertz CT molecular complexity index is 1360. The van der Waals surface area contributed by atoms with Crippen LogP contribution in [0, 0.1) is 6.92 Å². The van der Waals surface area contributed by atoms with E-state index in [1.165, 1.54) is 24.1 Å². The Hall–Kier alpha value is -3.92. The van der Waals surface area contributed by atoms with Gasteiger partial charge in [-0.3, -0.25) is 14.2 Å². The molecular weight excluding hydrogens is 448 g/mol. The van der Waals surface area contributed by atoms with Crippen LogP contribution in [-0.4, -0.2) is 35.3 Å². The lowest BCUT2D eigenvalue weighted by molar-refractivity contribution is 0.101. The Morgan fingerprint density at radius 2 is 2.06 bits per heavy atom. The van der Waals surface area contributed by atoms with Gasteiger partial charge in [0.05, 0.1) is 24.3 Å². The number of carbonyl (C=O) groups excluding carboxylic acids is 1. The van der Waals surface area contributed by atoms with Crippen molar-refractivity contribution in [3.8, 4) is 5.75 Å². The summed E-state index contributed by atoms with van der Waals surface area (Å²) in [6, 6.07) is 6.97. The first-order valence-electron chi connectivity index (χ1n) is 10.0. The fourth-order valence-electron chi connectivity index (χ4n) is 3.77. The zero-order chi connectivity index (χ0) is 23.7. The van der Waals surface area contributed by atoms with Crippen molar-refractivity contribution in [3.63, 3.8) is 0 Å². The van der Waals surface area contributed by atoms with Gasteiger partial charge in [0.1, 0.15) is 17.8 Å². The molecule has 4 rings (SSSR count). The van der Waals surface area contributed by atoms with Gasteiger partial charge in [0, 0.05) is 24.2 Å². The summed E-state index contributed by atoms with van der Waals surface area (Å²) in [7, 11) is 1.49. The molecule has 170 valence electrons. The lowest BCUT2D eigenvalue weighted by Gasteiger charge is -2.27. The van der Waals surface area contributed by atoms with Crippen LogP contribution in [0.2, 0.25) is 5.02 Å². The Morgan fingerprint density at radius 3 is 2.70 bits per heavy atom. The predicted octanol–water partition coefficient (Wildman–Crippen LogP) is 3.28. The van der Waals surface area contributed by atoms with Crippen molar-refractivity contribution in [2.45, 2.75) is 25.8 Å². The molecule has 1 aromatic carbocycles. The summed E-state index contributed by atoms with van der Waals surface area (Å²) < 4.78 is 7.81. The molecule has 0 aliphatic carbocycles. The number of halogens is 1. The molecule has 1 amide bonds. The number of anilines is 1. The summed E-state index contributed by atoms with van der Waals surface area (Å²) in [6.07, 6.45) is 6.04. The van der Waals surface area contributed by atoms with Crippen molar-refractivity contribution >= 4 is 23.2 Å². The van der Waals surface area contributed by atoms with Gasteiger partial charge in [-0.2, -0.15) is 0 Å². The lowest BCUT2D eigenvalue weighted by Crippen LogP contribution is -2.30. The fraction of sp³-hybridized carbons (Fsp3) is 0.227. The molecule has 0 radical (unpaired) electrons. The fourth-order valence-corrected chi connectivity index (χ4v) is 4.01. The highest BCUT2D eigenvalue weighted by molar-refractivity contribution is 6.31. The summed E-state index contributed by atoms with van der Waals surface area (Å²) in [4.78, 5) is 34.3. The van der Waals surface area contributed by atoms with Gasteiger partial charge in [-0.25, -0.2) is 9.97 Å². The Morgan fingerprint density at radius 1 is 1.30 bits per heavy atom. The highest BCUT2D eigenvalue weighted by atomic mass is 35.5. The lowest BCUT2D eigenvalue weighted by atomic mass is 9.93. The molecule has 3 aromatic heterocycles. The minimum Gasteiger partial charge on any atom is -0.501 e. The van der Waals surface area contributed by atoms with Gasteiger partial charge in [0.25, 0.3) is 11.5 Å². The maximum atomic E-state index is 12.8. The van der Waals surface area contributed by atoms with E-state index < -0.39 is 34.9 Å². The van der Waals surface area contributed by atoms with Gasteiger partial charge < -0.3 is 19.5 Å². The van der Waals surface area contributed by atoms with Crippen LogP contribution >= 0.6 is 11.6 Å². The SMILES string of the molecule is Cc1cn([C@@H](c2ccccc2Cl)[C@@H](C)c2nc(C(=O)Nc3cnoc3)c(O)c(=O)n2C)cn1. The summed E-state index contributed by atoms with van der Waals surface area (Å²) in [5, 5.41) is 16.9. The molecule has 0 spiro atoms. The van der Waals surface area contributed by atoms with Crippen molar-refractivity contribution in [1.29, 1.82) is 0 Å². The third kappa shape index (κ3) is 4.24. The van der Waals surface area contributed by atoms with Crippen LogP contribution in [0.5, 0.6) is 5.75 Å². The molecule has 0 saturated heterocycles. The standard InChI is InChI=1S/C22H21ClN6O4/c1-12-9-29(11-24-12)18(15-6-4-5-7-16(15)23)13(2)20-27-17(19(30)22(32)28(20)3)21(31)26-14-8-25-33-10-14/h4-11,13,18,30H,1-3H3,(H,26,31)/t13-,18-/m1/s1. The van der Waals surface area contributed by atoms with E-state index in [0.717, 1.165) is 11.3 Å². The summed E-state index contributed by atoms with van der Waals surface area (Å²) in [5.41, 5.74) is 0.713. The first kappa shape index (κ1) is 22.3. The number of amides is 1. The molecule has 11 heteroatoms. The van der Waals surface area contributed by atoms with E-state index in [4.69, 9.17) is 16.1 Å². The van der Waals surface area contributed by atoms with Gasteiger partial charge in [0.2, 0.25) is 5.75 Å². The zero-order valence-electron chi connectivity index (χ0n) is 18.1. The third-order valence-corrected chi connectivity index (χ3v) is 5.71. The van der Waals surface area contributed by atoms with Crippen molar-refractivity contribution < 1.29 is 14.4 Å². The second-order valence-electron chi connectivity index (χ2n) is 7.62. The molecule has 4 aromatic rings. The second-order valence-corrected chi connectivity index (χ2v) is 8.02. The number of nitrogens with one attached hydrogen (secondary N) is 1. The van der Waals surface area contributed by atoms with E-state index in [1.807, 2.05) is 42.8 Å². The number of aromatic hydroxyl groups is 1.